The third-order valence-corrected chi connectivity index (χ3v) is 3.93. The molecule has 2 aliphatic rings. The average molecular weight is 248 g/mol. The molecule has 1 aromatic rings. The van der Waals surface area contributed by atoms with Crippen molar-refractivity contribution in [3.63, 3.8) is 0 Å². The lowest BCUT2D eigenvalue weighted by atomic mass is 9.53. The second-order valence-electron chi connectivity index (χ2n) is 5.37. The first-order valence-corrected chi connectivity index (χ1v) is 6.22. The summed E-state index contributed by atoms with van der Waals surface area (Å²) < 4.78 is 5.75. The Labute approximate surface area is 105 Å². The van der Waals surface area contributed by atoms with Crippen LogP contribution in [0.2, 0.25) is 0 Å². The minimum absolute atomic E-state index is 0.137. The topological polar surface area (TPSA) is 71.5 Å². The van der Waals surface area contributed by atoms with Crippen molar-refractivity contribution in [1.82, 2.24) is 10.3 Å². The highest BCUT2D eigenvalue weighted by molar-refractivity contribution is 5.65. The summed E-state index contributed by atoms with van der Waals surface area (Å²) in [5.41, 5.74) is 0.326. The van der Waals surface area contributed by atoms with E-state index in [4.69, 9.17) is 9.84 Å². The maximum absolute atomic E-state index is 10.5. The van der Waals surface area contributed by atoms with Crippen molar-refractivity contribution < 1.29 is 14.6 Å². The number of nitrogens with zero attached hydrogens (tertiary/aromatic N) is 1. The zero-order valence-corrected chi connectivity index (χ0v) is 10.0. The van der Waals surface area contributed by atoms with Crippen LogP contribution in [0.15, 0.2) is 24.4 Å². The predicted octanol–water partition coefficient (Wildman–Crippen LogP) is 2.04. The molecule has 1 spiro atoms. The number of pyridine rings is 1. The van der Waals surface area contributed by atoms with E-state index in [1.54, 1.807) is 6.20 Å². The van der Waals surface area contributed by atoms with Gasteiger partial charge >= 0.3 is 6.09 Å². The lowest BCUT2D eigenvalue weighted by Gasteiger charge is -2.56. The van der Waals surface area contributed by atoms with E-state index < -0.39 is 6.09 Å². The van der Waals surface area contributed by atoms with Crippen molar-refractivity contribution in [2.45, 2.75) is 37.8 Å². The zero-order chi connectivity index (χ0) is 12.6. The Morgan fingerprint density at radius 1 is 1.39 bits per heavy atom. The molecule has 0 aromatic carbocycles. The summed E-state index contributed by atoms with van der Waals surface area (Å²) >= 11 is 0. The van der Waals surface area contributed by atoms with Crippen LogP contribution >= 0.6 is 0 Å². The molecular formula is C13H16N2O3. The van der Waals surface area contributed by atoms with Crippen LogP contribution in [-0.2, 0) is 0 Å². The summed E-state index contributed by atoms with van der Waals surface area (Å²) in [6.07, 6.45) is 4.96. The van der Waals surface area contributed by atoms with Gasteiger partial charge in [-0.05, 0) is 37.2 Å². The molecule has 0 unspecified atom stereocenters. The van der Waals surface area contributed by atoms with Gasteiger partial charge in [0.25, 0.3) is 0 Å². The van der Waals surface area contributed by atoms with Crippen molar-refractivity contribution in [3.05, 3.63) is 24.4 Å². The number of carboxylic acid groups (broad SMARTS) is 1. The Morgan fingerprint density at radius 3 is 2.78 bits per heavy atom. The third kappa shape index (κ3) is 2.12. The quantitative estimate of drug-likeness (QED) is 0.858. The summed E-state index contributed by atoms with van der Waals surface area (Å²) in [5, 5.41) is 11.1. The molecule has 0 bridgehead atoms. The molecule has 5 nitrogen and oxygen atoms in total. The van der Waals surface area contributed by atoms with Crippen LogP contribution in [0.5, 0.6) is 5.88 Å². The van der Waals surface area contributed by atoms with Crippen LogP contribution in [0, 0.1) is 5.41 Å². The van der Waals surface area contributed by atoms with E-state index in [-0.39, 0.29) is 12.1 Å². The number of rotatable bonds is 3. The number of carbonyl (C=O) groups is 1. The molecule has 96 valence electrons. The Bertz CT molecular complexity index is 435. The van der Waals surface area contributed by atoms with Crippen molar-refractivity contribution in [1.29, 1.82) is 0 Å². The molecule has 0 aliphatic heterocycles. The third-order valence-electron chi connectivity index (χ3n) is 3.93. The van der Waals surface area contributed by atoms with E-state index in [1.807, 2.05) is 18.2 Å². The van der Waals surface area contributed by atoms with Gasteiger partial charge in [-0.25, -0.2) is 9.78 Å². The number of nitrogens with one attached hydrogen (secondary N) is 1. The smallest absolute Gasteiger partial charge is 0.404 e. The standard InChI is InChI=1S/C13H16N2O3/c16-12(17)15-9-5-13(6-9)7-10(8-13)18-11-3-1-2-4-14-11/h1-4,9-10,15H,5-8H2,(H,16,17). The minimum Gasteiger partial charge on any atom is -0.474 e. The van der Waals surface area contributed by atoms with Gasteiger partial charge in [0.2, 0.25) is 5.88 Å². The summed E-state index contributed by atoms with van der Waals surface area (Å²) in [6, 6.07) is 5.77. The van der Waals surface area contributed by atoms with Crippen LogP contribution in [0.4, 0.5) is 4.79 Å². The molecule has 1 aromatic heterocycles. The molecule has 2 saturated carbocycles. The number of aromatic nitrogens is 1. The number of amides is 1. The van der Waals surface area contributed by atoms with Crippen LogP contribution in [-0.4, -0.2) is 28.3 Å². The maximum Gasteiger partial charge on any atom is 0.404 e. The van der Waals surface area contributed by atoms with Crippen LogP contribution in [0.25, 0.3) is 0 Å². The summed E-state index contributed by atoms with van der Waals surface area (Å²) in [4.78, 5) is 14.6. The van der Waals surface area contributed by atoms with Gasteiger partial charge in [0.1, 0.15) is 6.10 Å². The van der Waals surface area contributed by atoms with Gasteiger partial charge in [-0.1, -0.05) is 6.07 Å². The van der Waals surface area contributed by atoms with E-state index in [9.17, 15) is 4.79 Å². The molecule has 18 heavy (non-hydrogen) atoms. The molecule has 2 fully saturated rings. The lowest BCUT2D eigenvalue weighted by Crippen LogP contribution is -2.58. The molecule has 0 radical (unpaired) electrons. The number of hydrogen-bond donors (Lipinski definition) is 2. The van der Waals surface area contributed by atoms with Gasteiger partial charge in [-0.15, -0.1) is 0 Å². The highest BCUT2D eigenvalue weighted by Crippen LogP contribution is 2.56. The van der Waals surface area contributed by atoms with Gasteiger partial charge < -0.3 is 15.2 Å². The Balaban J connectivity index is 1.43. The first-order chi connectivity index (χ1) is 8.65. The summed E-state index contributed by atoms with van der Waals surface area (Å²) in [7, 11) is 0. The maximum atomic E-state index is 10.5. The first-order valence-electron chi connectivity index (χ1n) is 6.22. The van der Waals surface area contributed by atoms with Gasteiger partial charge in [0, 0.05) is 18.3 Å². The molecule has 2 aliphatic carbocycles. The second kappa shape index (κ2) is 4.15. The van der Waals surface area contributed by atoms with E-state index in [0.717, 1.165) is 25.7 Å². The van der Waals surface area contributed by atoms with Gasteiger partial charge in [-0.2, -0.15) is 0 Å². The molecule has 0 atom stereocenters. The normalized spacial score (nSPS) is 33.3. The van der Waals surface area contributed by atoms with Crippen molar-refractivity contribution in [3.8, 4) is 5.88 Å². The fraction of sp³-hybridized carbons (Fsp3) is 0.538. The fourth-order valence-corrected chi connectivity index (χ4v) is 3.17. The molecular weight excluding hydrogens is 232 g/mol. The lowest BCUT2D eigenvalue weighted by molar-refractivity contribution is -0.0850. The molecule has 0 saturated heterocycles. The second-order valence-corrected chi connectivity index (χ2v) is 5.37. The average Bonchev–Trinajstić information content (AvgIpc) is 2.24. The highest BCUT2D eigenvalue weighted by atomic mass is 16.5. The summed E-state index contributed by atoms with van der Waals surface area (Å²) in [6.45, 7) is 0. The molecule has 2 N–H and O–H groups in total. The summed E-state index contributed by atoms with van der Waals surface area (Å²) in [5.74, 6) is 0.678. The van der Waals surface area contributed by atoms with E-state index >= 15 is 0 Å². The Morgan fingerprint density at radius 2 is 2.17 bits per heavy atom. The first kappa shape index (κ1) is 11.3. The number of hydrogen-bond acceptors (Lipinski definition) is 3. The van der Waals surface area contributed by atoms with Crippen molar-refractivity contribution >= 4 is 6.09 Å². The predicted molar refractivity (Wildman–Crippen MR) is 64.5 cm³/mol. The Hall–Kier alpha value is -1.78. The van der Waals surface area contributed by atoms with E-state index in [0.29, 0.717) is 11.3 Å². The van der Waals surface area contributed by atoms with Crippen molar-refractivity contribution in [2.24, 2.45) is 5.41 Å². The fourth-order valence-electron chi connectivity index (χ4n) is 3.17. The van der Waals surface area contributed by atoms with E-state index in [2.05, 4.69) is 10.3 Å². The monoisotopic (exact) mass is 248 g/mol. The SMILES string of the molecule is O=C(O)NC1CC2(C1)CC(Oc1ccccn1)C2. The zero-order valence-electron chi connectivity index (χ0n) is 10.0. The van der Waals surface area contributed by atoms with Crippen LogP contribution in [0.1, 0.15) is 25.7 Å². The van der Waals surface area contributed by atoms with Crippen LogP contribution in [0.3, 0.4) is 0 Å². The minimum atomic E-state index is -0.921. The molecule has 5 heteroatoms. The molecule has 1 amide bonds. The molecule has 1 heterocycles. The van der Waals surface area contributed by atoms with Gasteiger partial charge in [0.05, 0.1) is 0 Å². The van der Waals surface area contributed by atoms with Crippen LogP contribution < -0.4 is 10.1 Å². The Kier molecular flexibility index (Phi) is 2.61. The molecule has 3 rings (SSSR count). The van der Waals surface area contributed by atoms with Crippen molar-refractivity contribution in [2.75, 3.05) is 0 Å². The largest absolute Gasteiger partial charge is 0.474 e. The van der Waals surface area contributed by atoms with E-state index in [1.165, 1.54) is 0 Å². The number of ether oxygens (including phenoxy) is 1. The van der Waals surface area contributed by atoms with Gasteiger partial charge in [-0.3, -0.25) is 0 Å². The highest BCUT2D eigenvalue weighted by Gasteiger charge is 2.54. The van der Waals surface area contributed by atoms with Gasteiger partial charge in [0.15, 0.2) is 0 Å².